The third-order valence-corrected chi connectivity index (χ3v) is 2.17. The van der Waals surface area contributed by atoms with Crippen LogP contribution in [-0.2, 0) is 5.33 Å². The van der Waals surface area contributed by atoms with Gasteiger partial charge >= 0.3 is 0 Å². The van der Waals surface area contributed by atoms with Crippen LogP contribution >= 0.6 is 15.9 Å². The van der Waals surface area contributed by atoms with Gasteiger partial charge in [-0.2, -0.15) is 0 Å². The molecule has 0 amide bonds. The topological polar surface area (TPSA) is 0 Å². The Hall–Kier alpha value is -0.440. The number of hydrogen-bond donors (Lipinski definition) is 0. The van der Waals surface area contributed by atoms with Crippen molar-refractivity contribution in [2.75, 3.05) is 0 Å². The highest BCUT2D eigenvalue weighted by Gasteiger charge is 2.07. The van der Waals surface area contributed by atoms with Gasteiger partial charge in [-0.25, -0.2) is 8.78 Å². The highest BCUT2D eigenvalue weighted by atomic mass is 79.9. The second-order valence-electron chi connectivity index (χ2n) is 2.27. The number of benzene rings is 1. The van der Waals surface area contributed by atoms with Gasteiger partial charge in [-0.15, -0.1) is 0 Å². The number of halogens is 3. The highest BCUT2D eigenvalue weighted by Crippen LogP contribution is 2.18. The van der Waals surface area contributed by atoms with Crippen molar-refractivity contribution in [3.63, 3.8) is 0 Å². The van der Waals surface area contributed by atoms with Crippen molar-refractivity contribution >= 4 is 15.9 Å². The third-order valence-electron chi connectivity index (χ3n) is 1.61. The molecule has 1 aromatic carbocycles. The molecule has 0 fully saturated rings. The second kappa shape index (κ2) is 3.30. The molecule has 0 aliphatic carbocycles. The van der Waals surface area contributed by atoms with Gasteiger partial charge in [0, 0.05) is 10.9 Å². The molecule has 0 spiro atoms. The van der Waals surface area contributed by atoms with Gasteiger partial charge in [0.25, 0.3) is 0 Å². The molecule has 11 heavy (non-hydrogen) atoms. The molecule has 0 radical (unpaired) electrons. The maximum Gasteiger partial charge on any atom is 0.127 e. The largest absolute Gasteiger partial charge is 0.207 e. The van der Waals surface area contributed by atoms with Gasteiger partial charge in [0.1, 0.15) is 11.6 Å². The Morgan fingerprint density at radius 1 is 1.27 bits per heavy atom. The van der Waals surface area contributed by atoms with Crippen LogP contribution < -0.4 is 0 Å². The van der Waals surface area contributed by atoms with E-state index in [4.69, 9.17) is 0 Å². The van der Waals surface area contributed by atoms with E-state index in [-0.39, 0.29) is 11.6 Å². The minimum absolute atomic E-state index is 0.350. The SMILES string of the molecule is Cc1c(F)ccc(F)c1CBr. The molecule has 0 nitrogen and oxygen atoms in total. The van der Waals surface area contributed by atoms with Gasteiger partial charge in [-0.3, -0.25) is 0 Å². The summed E-state index contributed by atoms with van der Waals surface area (Å²) in [6.07, 6.45) is 0. The average Bonchev–Trinajstić information content (AvgIpc) is 1.99. The van der Waals surface area contributed by atoms with Crippen molar-refractivity contribution in [3.05, 3.63) is 34.9 Å². The van der Waals surface area contributed by atoms with Gasteiger partial charge < -0.3 is 0 Å². The Morgan fingerprint density at radius 2 is 1.82 bits per heavy atom. The molecule has 1 rings (SSSR count). The first-order valence-corrected chi connectivity index (χ1v) is 4.28. The third kappa shape index (κ3) is 1.59. The number of hydrogen-bond acceptors (Lipinski definition) is 0. The van der Waals surface area contributed by atoms with Crippen molar-refractivity contribution in [2.24, 2.45) is 0 Å². The minimum atomic E-state index is -0.360. The Balaban J connectivity index is 3.29. The van der Waals surface area contributed by atoms with E-state index < -0.39 is 0 Å². The van der Waals surface area contributed by atoms with Crippen LogP contribution in [0.3, 0.4) is 0 Å². The van der Waals surface area contributed by atoms with Crippen molar-refractivity contribution in [3.8, 4) is 0 Å². The summed E-state index contributed by atoms with van der Waals surface area (Å²) in [6.45, 7) is 1.56. The van der Waals surface area contributed by atoms with Gasteiger partial charge in [0.2, 0.25) is 0 Å². The van der Waals surface area contributed by atoms with Crippen LogP contribution in [0.15, 0.2) is 12.1 Å². The molecule has 3 heteroatoms. The van der Waals surface area contributed by atoms with E-state index in [1.807, 2.05) is 0 Å². The van der Waals surface area contributed by atoms with E-state index in [1.165, 1.54) is 0 Å². The maximum atomic E-state index is 12.8. The smallest absolute Gasteiger partial charge is 0.127 e. The van der Waals surface area contributed by atoms with Crippen LogP contribution in [0.2, 0.25) is 0 Å². The lowest BCUT2D eigenvalue weighted by Crippen LogP contribution is -1.93. The maximum absolute atomic E-state index is 12.8. The molecule has 0 saturated carbocycles. The van der Waals surface area contributed by atoms with Gasteiger partial charge in [0.05, 0.1) is 0 Å². The lowest BCUT2D eigenvalue weighted by molar-refractivity contribution is 0.583. The number of rotatable bonds is 1. The molecule has 0 aliphatic rings. The van der Waals surface area contributed by atoms with E-state index in [1.54, 1.807) is 6.92 Å². The zero-order valence-electron chi connectivity index (χ0n) is 6.00. The fourth-order valence-corrected chi connectivity index (χ4v) is 1.55. The first kappa shape index (κ1) is 8.65. The van der Waals surface area contributed by atoms with Crippen LogP contribution in [0.4, 0.5) is 8.78 Å². The minimum Gasteiger partial charge on any atom is -0.207 e. The Kier molecular flexibility index (Phi) is 2.60. The van der Waals surface area contributed by atoms with Gasteiger partial charge in [-0.1, -0.05) is 15.9 Å². The summed E-state index contributed by atoms with van der Waals surface area (Å²) >= 11 is 3.09. The zero-order chi connectivity index (χ0) is 8.43. The first-order chi connectivity index (χ1) is 5.16. The molecule has 60 valence electrons. The quantitative estimate of drug-likeness (QED) is 0.639. The molecule has 0 unspecified atom stereocenters. The lowest BCUT2D eigenvalue weighted by atomic mass is 10.1. The number of alkyl halides is 1. The zero-order valence-corrected chi connectivity index (χ0v) is 7.58. The molecule has 1 aromatic rings. The predicted octanol–water partition coefficient (Wildman–Crippen LogP) is 3.17. The van der Waals surface area contributed by atoms with Crippen LogP contribution in [-0.4, -0.2) is 0 Å². The van der Waals surface area contributed by atoms with Crippen LogP contribution in [0, 0.1) is 18.6 Å². The molecular formula is C8H7BrF2. The van der Waals surface area contributed by atoms with E-state index in [0.717, 1.165) is 12.1 Å². The summed E-state index contributed by atoms with van der Waals surface area (Å²) in [6, 6.07) is 2.27. The van der Waals surface area contributed by atoms with Gasteiger partial charge in [0.15, 0.2) is 0 Å². The molecule has 0 aliphatic heterocycles. The summed E-state index contributed by atoms with van der Waals surface area (Å²) in [7, 11) is 0. The monoisotopic (exact) mass is 220 g/mol. The standard InChI is InChI=1S/C8H7BrF2/c1-5-6(4-9)8(11)3-2-7(5)10/h2-3H,4H2,1H3. The van der Waals surface area contributed by atoms with Crippen LogP contribution in [0.25, 0.3) is 0 Å². The molecule has 0 aromatic heterocycles. The first-order valence-electron chi connectivity index (χ1n) is 3.16. The Bertz CT molecular complexity index is 271. The fraction of sp³-hybridized carbons (Fsp3) is 0.250. The van der Waals surface area contributed by atoms with E-state index in [2.05, 4.69) is 15.9 Å². The molecule has 0 heterocycles. The molecule has 0 bridgehead atoms. The Labute approximate surface area is 72.4 Å². The highest BCUT2D eigenvalue weighted by molar-refractivity contribution is 9.08. The van der Waals surface area contributed by atoms with Crippen molar-refractivity contribution < 1.29 is 8.78 Å². The summed E-state index contributed by atoms with van der Waals surface area (Å²) in [5.74, 6) is -0.721. The van der Waals surface area contributed by atoms with Crippen molar-refractivity contribution in [1.29, 1.82) is 0 Å². The molecule has 0 N–H and O–H groups in total. The normalized spacial score (nSPS) is 10.2. The van der Waals surface area contributed by atoms with E-state index in [9.17, 15) is 8.78 Å². The Morgan fingerprint density at radius 3 is 2.27 bits per heavy atom. The second-order valence-corrected chi connectivity index (χ2v) is 2.83. The summed E-state index contributed by atoms with van der Waals surface area (Å²) in [5, 5.41) is 0.350. The van der Waals surface area contributed by atoms with Crippen molar-refractivity contribution in [2.45, 2.75) is 12.3 Å². The van der Waals surface area contributed by atoms with Crippen LogP contribution in [0.1, 0.15) is 11.1 Å². The van der Waals surface area contributed by atoms with E-state index in [0.29, 0.717) is 16.5 Å². The average molecular weight is 221 g/mol. The predicted molar refractivity (Wildman–Crippen MR) is 43.7 cm³/mol. The lowest BCUT2D eigenvalue weighted by Gasteiger charge is -2.03. The van der Waals surface area contributed by atoms with Crippen molar-refractivity contribution in [1.82, 2.24) is 0 Å². The van der Waals surface area contributed by atoms with Crippen LogP contribution in [0.5, 0.6) is 0 Å². The summed E-state index contributed by atoms with van der Waals surface area (Å²) in [5.41, 5.74) is 0.770. The fourth-order valence-electron chi connectivity index (χ4n) is 0.859. The molecular weight excluding hydrogens is 214 g/mol. The molecule has 0 saturated heterocycles. The van der Waals surface area contributed by atoms with Gasteiger partial charge in [-0.05, 0) is 24.6 Å². The van der Waals surface area contributed by atoms with E-state index >= 15 is 0 Å². The summed E-state index contributed by atoms with van der Waals surface area (Å²) < 4.78 is 25.6. The summed E-state index contributed by atoms with van der Waals surface area (Å²) in [4.78, 5) is 0. The molecule has 0 atom stereocenters.